The fourth-order valence-corrected chi connectivity index (χ4v) is 2.12. The van der Waals surface area contributed by atoms with Crippen LogP contribution in [0.15, 0.2) is 0 Å². The molecular weight excluding hydrogens is 314 g/mol. The molecule has 0 aliphatic heterocycles. The molecule has 138 valence electrons. The van der Waals surface area contributed by atoms with E-state index in [1.54, 1.807) is 0 Å². The molecule has 0 saturated heterocycles. The first-order valence-electron chi connectivity index (χ1n) is 8.27. The monoisotopic (exact) mass is 343 g/mol. The van der Waals surface area contributed by atoms with Gasteiger partial charge >= 0.3 is 5.97 Å². The molecule has 0 aliphatic rings. The number of primary amides is 1. The van der Waals surface area contributed by atoms with E-state index in [9.17, 15) is 19.2 Å². The van der Waals surface area contributed by atoms with E-state index >= 15 is 0 Å². The van der Waals surface area contributed by atoms with Crippen molar-refractivity contribution in [3.8, 4) is 0 Å². The summed E-state index contributed by atoms with van der Waals surface area (Å²) >= 11 is 0. The maximum Gasteiger partial charge on any atom is 0.328 e. The highest BCUT2D eigenvalue weighted by Crippen LogP contribution is 2.05. The maximum absolute atomic E-state index is 12.1. The fourth-order valence-electron chi connectivity index (χ4n) is 2.12. The van der Waals surface area contributed by atoms with Crippen LogP contribution >= 0.6 is 0 Å². The minimum atomic E-state index is -1.10. The molecule has 0 unspecified atom stereocenters. The van der Waals surface area contributed by atoms with E-state index in [1.165, 1.54) is 14.0 Å². The number of carbonyl (C=O) groups excluding carboxylic acids is 4. The Hall–Kier alpha value is -2.12. The summed E-state index contributed by atoms with van der Waals surface area (Å²) < 4.78 is 4.51. The number of methoxy groups -OCH3 is 1. The minimum absolute atomic E-state index is 0.277. The molecule has 0 rings (SSSR count). The van der Waals surface area contributed by atoms with E-state index in [2.05, 4.69) is 22.3 Å². The number of hydrogen-bond donors (Lipinski definition) is 3. The SMILES string of the molecule is CCCCCCCC(=O)N[C@@H](CC(N)=O)C(=O)N[C@@H](C)C(=O)OC. The first kappa shape index (κ1) is 21.9. The highest BCUT2D eigenvalue weighted by Gasteiger charge is 2.26. The lowest BCUT2D eigenvalue weighted by Crippen LogP contribution is -2.52. The van der Waals surface area contributed by atoms with Gasteiger partial charge in [0.1, 0.15) is 12.1 Å². The molecule has 0 aromatic rings. The van der Waals surface area contributed by atoms with Crippen molar-refractivity contribution in [3.05, 3.63) is 0 Å². The van der Waals surface area contributed by atoms with Gasteiger partial charge in [-0.15, -0.1) is 0 Å². The molecule has 0 aromatic carbocycles. The van der Waals surface area contributed by atoms with Crippen LogP contribution in [0.25, 0.3) is 0 Å². The van der Waals surface area contributed by atoms with Crippen molar-refractivity contribution in [2.45, 2.75) is 70.9 Å². The molecule has 3 amide bonds. The highest BCUT2D eigenvalue weighted by atomic mass is 16.5. The van der Waals surface area contributed by atoms with Crippen LogP contribution in [0, 0.1) is 0 Å². The predicted molar refractivity (Wildman–Crippen MR) is 88.7 cm³/mol. The van der Waals surface area contributed by atoms with Crippen molar-refractivity contribution in [3.63, 3.8) is 0 Å². The Morgan fingerprint density at radius 3 is 2.21 bits per heavy atom. The third-order valence-corrected chi connectivity index (χ3v) is 3.48. The summed E-state index contributed by atoms with van der Waals surface area (Å²) in [6.45, 7) is 3.55. The van der Waals surface area contributed by atoms with E-state index in [0.717, 1.165) is 32.1 Å². The fraction of sp³-hybridized carbons (Fsp3) is 0.750. The second-order valence-corrected chi connectivity index (χ2v) is 5.71. The van der Waals surface area contributed by atoms with Crippen LogP contribution in [0.3, 0.4) is 0 Å². The Kier molecular flexibility index (Phi) is 11.2. The smallest absolute Gasteiger partial charge is 0.328 e. The van der Waals surface area contributed by atoms with Crippen molar-refractivity contribution in [2.24, 2.45) is 5.73 Å². The lowest BCUT2D eigenvalue weighted by molar-refractivity contribution is -0.144. The van der Waals surface area contributed by atoms with Crippen molar-refractivity contribution in [1.29, 1.82) is 0 Å². The van der Waals surface area contributed by atoms with Crippen LogP contribution in [-0.4, -0.2) is 42.9 Å². The topological polar surface area (TPSA) is 128 Å². The van der Waals surface area contributed by atoms with Gasteiger partial charge in [-0.05, 0) is 13.3 Å². The Balaban J connectivity index is 4.48. The third kappa shape index (κ3) is 9.81. The molecule has 0 aliphatic carbocycles. The Bertz CT molecular complexity index is 439. The van der Waals surface area contributed by atoms with Gasteiger partial charge in [0, 0.05) is 6.42 Å². The summed E-state index contributed by atoms with van der Waals surface area (Å²) in [5.74, 6) is -2.31. The van der Waals surface area contributed by atoms with Gasteiger partial charge < -0.3 is 21.1 Å². The molecule has 0 fully saturated rings. The number of esters is 1. The normalized spacial score (nSPS) is 12.8. The molecule has 0 spiro atoms. The van der Waals surface area contributed by atoms with Crippen LogP contribution in [0.2, 0.25) is 0 Å². The van der Waals surface area contributed by atoms with Gasteiger partial charge in [0.05, 0.1) is 13.5 Å². The summed E-state index contributed by atoms with van der Waals surface area (Å²) in [5.41, 5.74) is 5.12. The number of amides is 3. The Morgan fingerprint density at radius 2 is 1.67 bits per heavy atom. The van der Waals surface area contributed by atoms with Crippen molar-refractivity contribution in [1.82, 2.24) is 10.6 Å². The molecule has 4 N–H and O–H groups in total. The minimum Gasteiger partial charge on any atom is -0.467 e. The van der Waals surface area contributed by atoms with Crippen molar-refractivity contribution >= 4 is 23.7 Å². The summed E-state index contributed by atoms with van der Waals surface area (Å²) in [5, 5.41) is 4.89. The molecule has 0 saturated carbocycles. The van der Waals surface area contributed by atoms with E-state index in [1.807, 2.05) is 0 Å². The van der Waals surface area contributed by atoms with Crippen LogP contribution in [-0.2, 0) is 23.9 Å². The number of nitrogens with one attached hydrogen (secondary N) is 2. The number of rotatable bonds is 12. The van der Waals surface area contributed by atoms with Crippen LogP contribution in [0.1, 0.15) is 58.8 Å². The van der Waals surface area contributed by atoms with Crippen molar-refractivity contribution < 1.29 is 23.9 Å². The predicted octanol–water partition coefficient (Wildman–Crippen LogP) is 0.385. The number of nitrogens with two attached hydrogens (primary N) is 1. The van der Waals surface area contributed by atoms with E-state index in [-0.39, 0.29) is 18.7 Å². The van der Waals surface area contributed by atoms with Crippen LogP contribution < -0.4 is 16.4 Å². The lowest BCUT2D eigenvalue weighted by Gasteiger charge is -2.19. The molecular formula is C16H29N3O5. The van der Waals surface area contributed by atoms with Gasteiger partial charge in [0.15, 0.2) is 0 Å². The van der Waals surface area contributed by atoms with Gasteiger partial charge in [0.25, 0.3) is 0 Å². The maximum atomic E-state index is 12.1. The summed E-state index contributed by atoms with van der Waals surface area (Å²) in [6.07, 6.45) is 4.90. The second-order valence-electron chi connectivity index (χ2n) is 5.71. The van der Waals surface area contributed by atoms with E-state index in [0.29, 0.717) is 0 Å². The van der Waals surface area contributed by atoms with E-state index < -0.39 is 29.9 Å². The molecule has 0 radical (unpaired) electrons. The first-order chi connectivity index (χ1) is 11.3. The molecule has 8 nitrogen and oxygen atoms in total. The number of carbonyl (C=O) groups is 4. The standard InChI is InChI=1S/C16H29N3O5/c1-4-5-6-7-8-9-14(21)19-12(10-13(17)20)15(22)18-11(2)16(23)24-3/h11-12H,4-10H2,1-3H3,(H2,17,20)(H,18,22)(H,19,21)/t11-,12-/m0/s1. The quantitative estimate of drug-likeness (QED) is 0.349. The summed E-state index contributed by atoms with van der Waals surface area (Å²) in [7, 11) is 1.20. The molecule has 0 heterocycles. The number of ether oxygens (including phenoxy) is 1. The average molecular weight is 343 g/mol. The lowest BCUT2D eigenvalue weighted by atomic mass is 10.1. The molecule has 0 bridgehead atoms. The second kappa shape index (κ2) is 12.3. The van der Waals surface area contributed by atoms with Crippen LogP contribution in [0.5, 0.6) is 0 Å². The molecule has 2 atom stereocenters. The zero-order chi connectivity index (χ0) is 18.5. The van der Waals surface area contributed by atoms with Gasteiger partial charge in [-0.25, -0.2) is 4.79 Å². The average Bonchev–Trinajstić information content (AvgIpc) is 2.52. The third-order valence-electron chi connectivity index (χ3n) is 3.48. The molecule has 8 heteroatoms. The van der Waals surface area contributed by atoms with Gasteiger partial charge in [-0.2, -0.15) is 0 Å². The largest absolute Gasteiger partial charge is 0.467 e. The highest BCUT2D eigenvalue weighted by molar-refractivity contribution is 5.93. The van der Waals surface area contributed by atoms with Crippen molar-refractivity contribution in [2.75, 3.05) is 7.11 Å². The molecule has 24 heavy (non-hydrogen) atoms. The van der Waals surface area contributed by atoms with Crippen LogP contribution in [0.4, 0.5) is 0 Å². The zero-order valence-electron chi connectivity index (χ0n) is 14.7. The number of hydrogen-bond acceptors (Lipinski definition) is 5. The summed E-state index contributed by atoms with van der Waals surface area (Å²) in [6, 6.07) is -1.98. The van der Waals surface area contributed by atoms with Gasteiger partial charge in [-0.1, -0.05) is 32.6 Å². The Morgan fingerprint density at radius 1 is 1.04 bits per heavy atom. The van der Waals surface area contributed by atoms with Gasteiger partial charge in [-0.3, -0.25) is 14.4 Å². The molecule has 0 aromatic heterocycles. The first-order valence-corrected chi connectivity index (χ1v) is 8.27. The van der Waals surface area contributed by atoms with E-state index in [4.69, 9.17) is 5.73 Å². The summed E-state index contributed by atoms with van der Waals surface area (Å²) in [4.78, 5) is 46.5. The Labute approximate surface area is 142 Å². The zero-order valence-corrected chi connectivity index (χ0v) is 14.7. The number of unbranched alkanes of at least 4 members (excludes halogenated alkanes) is 4. The van der Waals surface area contributed by atoms with Gasteiger partial charge in [0.2, 0.25) is 17.7 Å².